The molecule has 5 nitrogen and oxygen atoms in total. The van der Waals surface area contributed by atoms with E-state index in [1.807, 2.05) is 107 Å². The van der Waals surface area contributed by atoms with Gasteiger partial charge in [-0.2, -0.15) is 0 Å². The Bertz CT molecular complexity index is 1340. The quantitative estimate of drug-likeness (QED) is 0.464. The van der Waals surface area contributed by atoms with Crippen molar-refractivity contribution in [3.63, 3.8) is 0 Å². The number of allylic oxidation sites excluding steroid dienone is 4. The third kappa shape index (κ3) is 5.09. The normalized spacial score (nSPS) is 12.6. The minimum Gasteiger partial charge on any atom is -0.293 e. The van der Waals surface area contributed by atoms with Crippen molar-refractivity contribution in [2.75, 3.05) is 0 Å². The fourth-order valence-electron chi connectivity index (χ4n) is 3.92. The van der Waals surface area contributed by atoms with Gasteiger partial charge in [0.1, 0.15) is 0 Å². The Kier molecular flexibility index (Phi) is 6.50. The Balaban J connectivity index is 2.18. The molecule has 4 rings (SSSR count). The monoisotopic (exact) mass is 434 g/mol. The predicted molar refractivity (Wildman–Crippen MR) is 133 cm³/mol. The third-order valence-electron chi connectivity index (χ3n) is 5.37. The molecule has 1 aliphatic rings. The average Bonchev–Trinajstić information content (AvgIpc) is 3.31. The summed E-state index contributed by atoms with van der Waals surface area (Å²) in [5.74, 6) is -0.355. The number of aryl methyl sites for hydroxylation is 4. The highest BCUT2D eigenvalue weighted by Crippen LogP contribution is 2.20. The minimum atomic E-state index is -0.324. The fraction of sp³-hybridized carbons (Fsp3) is 0.179. The van der Waals surface area contributed by atoms with Crippen molar-refractivity contribution in [2.45, 2.75) is 27.7 Å². The summed E-state index contributed by atoms with van der Waals surface area (Å²) < 4.78 is 0. The maximum atomic E-state index is 13.5. The van der Waals surface area contributed by atoms with Gasteiger partial charge < -0.3 is 0 Å². The number of carbonyl (C=O) groups is 1. The largest absolute Gasteiger partial charge is 0.293 e. The van der Waals surface area contributed by atoms with Crippen molar-refractivity contribution in [2.24, 2.45) is 5.92 Å². The lowest BCUT2D eigenvalue weighted by Crippen LogP contribution is -2.13. The second-order valence-corrected chi connectivity index (χ2v) is 8.06. The SMILES string of the molecule is Cc1cc(C)nc2ccccc2nc(C)c(C(=O)C2C=CC=C2)c(C)nc2ccccc2n1. The molecule has 0 saturated carbocycles. The van der Waals surface area contributed by atoms with Crippen LogP contribution in [0.3, 0.4) is 0 Å². The molecule has 0 unspecified atom stereocenters. The van der Waals surface area contributed by atoms with Crippen molar-refractivity contribution >= 4 is 27.9 Å². The number of carbonyl (C=O) groups excluding carboxylic acids is 1. The smallest absolute Gasteiger partial charge is 0.177 e. The van der Waals surface area contributed by atoms with Gasteiger partial charge in [-0.3, -0.25) is 24.7 Å². The fourth-order valence-corrected chi connectivity index (χ4v) is 3.92. The zero-order chi connectivity index (χ0) is 23.4. The number of rotatable bonds is 2. The number of nitrogens with zero attached hydrogens (tertiary/aromatic N) is 4. The molecule has 0 fully saturated rings. The van der Waals surface area contributed by atoms with E-state index in [9.17, 15) is 4.79 Å². The van der Waals surface area contributed by atoms with E-state index in [-0.39, 0.29) is 11.7 Å². The molecule has 5 heteroatoms. The molecule has 1 heterocycles. The van der Waals surface area contributed by atoms with Gasteiger partial charge in [0.25, 0.3) is 0 Å². The Morgan fingerprint density at radius 3 is 1.45 bits per heavy atom. The number of hydrogen-bond donors (Lipinski definition) is 0. The summed E-state index contributed by atoms with van der Waals surface area (Å²) in [7, 11) is 0. The molecule has 0 bridgehead atoms. The predicted octanol–water partition coefficient (Wildman–Crippen LogP) is 5.98. The van der Waals surface area contributed by atoms with Crippen LogP contribution >= 0.6 is 0 Å². The average molecular weight is 435 g/mol. The number of aromatic nitrogens is 4. The van der Waals surface area contributed by atoms with E-state index in [0.29, 0.717) is 28.0 Å². The number of para-hydroxylation sites is 4. The first-order chi connectivity index (χ1) is 15.9. The van der Waals surface area contributed by atoms with Crippen LogP contribution in [0.25, 0.3) is 22.1 Å². The van der Waals surface area contributed by atoms with Gasteiger partial charge in [0.05, 0.1) is 44.9 Å². The summed E-state index contributed by atoms with van der Waals surface area (Å²) >= 11 is 0. The Morgan fingerprint density at radius 2 is 1.03 bits per heavy atom. The molecule has 2 aromatic carbocycles. The number of ketones is 1. The van der Waals surface area contributed by atoms with Crippen molar-refractivity contribution in [1.29, 1.82) is 0 Å². The summed E-state index contributed by atoms with van der Waals surface area (Å²) in [6, 6.07) is 17.3. The summed E-state index contributed by atoms with van der Waals surface area (Å²) in [6.07, 6.45) is 7.56. The van der Waals surface area contributed by atoms with Crippen LogP contribution in [0.4, 0.5) is 0 Å². The highest BCUT2D eigenvalue weighted by atomic mass is 16.1. The summed E-state index contributed by atoms with van der Waals surface area (Å²) in [5.41, 5.74) is 6.21. The van der Waals surface area contributed by atoms with E-state index >= 15 is 0 Å². The van der Waals surface area contributed by atoms with Gasteiger partial charge >= 0.3 is 0 Å². The van der Waals surface area contributed by atoms with Crippen LogP contribution in [-0.2, 0) is 0 Å². The summed E-state index contributed by atoms with van der Waals surface area (Å²) in [4.78, 5) is 32.7. The van der Waals surface area contributed by atoms with Crippen LogP contribution in [0, 0.1) is 33.6 Å². The van der Waals surface area contributed by atoms with Crippen molar-refractivity contribution < 1.29 is 4.79 Å². The van der Waals surface area contributed by atoms with Crippen LogP contribution in [0.5, 0.6) is 0 Å². The van der Waals surface area contributed by atoms with Crippen molar-refractivity contribution in [3.05, 3.63) is 107 Å². The molecular weight excluding hydrogens is 408 g/mol. The zero-order valence-corrected chi connectivity index (χ0v) is 19.3. The number of hydrogen-bond acceptors (Lipinski definition) is 5. The van der Waals surface area contributed by atoms with Gasteiger partial charge in [-0.1, -0.05) is 48.6 Å². The number of Topliss-reactive ketones (excluding diaryl/α,β-unsaturated/α-hetero) is 1. The van der Waals surface area contributed by atoms with Crippen LogP contribution in [0.1, 0.15) is 33.1 Å². The Morgan fingerprint density at radius 1 is 0.636 bits per heavy atom. The molecular formula is C28H26N4O. The van der Waals surface area contributed by atoms with E-state index in [4.69, 9.17) is 19.9 Å². The van der Waals surface area contributed by atoms with Crippen LogP contribution in [-0.4, -0.2) is 25.7 Å². The number of benzene rings is 2. The standard InChI is InChI=1S/C28H26N4O/c1-18-17-19(2)30-24-14-8-10-16-26(24)32-21(4)27(28(33)22-11-5-6-12-22)20(3)31-25-15-9-7-13-23(25)29-18/h5-17,22H,1-4H3. The molecule has 0 spiro atoms. The van der Waals surface area contributed by atoms with E-state index in [1.165, 1.54) is 0 Å². The lowest BCUT2D eigenvalue weighted by Gasteiger charge is -2.08. The van der Waals surface area contributed by atoms with Gasteiger partial charge in [0.2, 0.25) is 0 Å². The first-order valence-electron chi connectivity index (χ1n) is 10.9. The maximum absolute atomic E-state index is 13.5. The van der Waals surface area contributed by atoms with Gasteiger partial charge in [-0.05, 0) is 58.0 Å². The molecule has 1 aliphatic carbocycles. The van der Waals surface area contributed by atoms with Gasteiger partial charge in [0, 0.05) is 11.4 Å². The zero-order valence-electron chi connectivity index (χ0n) is 19.3. The van der Waals surface area contributed by atoms with Crippen LogP contribution in [0.2, 0.25) is 0 Å². The molecule has 164 valence electrons. The Hall–Kier alpha value is -3.99. The number of fused-ring (bicyclic) bond motifs is 2. The second kappa shape index (κ2) is 9.65. The van der Waals surface area contributed by atoms with Crippen LogP contribution in [0.15, 0.2) is 78.9 Å². The van der Waals surface area contributed by atoms with E-state index in [0.717, 1.165) is 22.4 Å². The van der Waals surface area contributed by atoms with Crippen molar-refractivity contribution in [1.82, 2.24) is 19.9 Å². The molecule has 33 heavy (non-hydrogen) atoms. The van der Waals surface area contributed by atoms with E-state index in [1.54, 1.807) is 0 Å². The summed E-state index contributed by atoms with van der Waals surface area (Å²) in [6.45, 7) is 7.58. The second-order valence-electron chi connectivity index (χ2n) is 8.06. The minimum absolute atomic E-state index is 0.0303. The van der Waals surface area contributed by atoms with Gasteiger partial charge in [0.15, 0.2) is 5.78 Å². The highest BCUT2D eigenvalue weighted by molar-refractivity contribution is 6.02. The molecule has 0 saturated heterocycles. The molecule has 1 aromatic heterocycles. The van der Waals surface area contributed by atoms with Gasteiger partial charge in [-0.15, -0.1) is 0 Å². The molecule has 0 N–H and O–H groups in total. The van der Waals surface area contributed by atoms with E-state index < -0.39 is 0 Å². The topological polar surface area (TPSA) is 68.6 Å². The van der Waals surface area contributed by atoms with Crippen LogP contribution < -0.4 is 0 Å². The van der Waals surface area contributed by atoms with E-state index in [2.05, 4.69) is 0 Å². The molecule has 0 atom stereocenters. The maximum Gasteiger partial charge on any atom is 0.177 e. The van der Waals surface area contributed by atoms with Crippen molar-refractivity contribution in [3.8, 4) is 0 Å². The Labute approximate surface area is 193 Å². The van der Waals surface area contributed by atoms with Gasteiger partial charge in [-0.25, -0.2) is 0 Å². The lowest BCUT2D eigenvalue weighted by molar-refractivity contribution is 0.0964. The molecule has 0 aliphatic heterocycles. The highest BCUT2D eigenvalue weighted by Gasteiger charge is 2.21. The molecule has 3 aromatic rings. The summed E-state index contributed by atoms with van der Waals surface area (Å²) in [5, 5.41) is 0. The molecule has 0 radical (unpaired) electrons. The third-order valence-corrected chi connectivity index (χ3v) is 5.37. The molecule has 0 amide bonds. The first kappa shape index (κ1) is 22.2. The first-order valence-corrected chi connectivity index (χ1v) is 10.9. The lowest BCUT2D eigenvalue weighted by atomic mass is 9.97.